The van der Waals surface area contributed by atoms with Crippen LogP contribution in [0.3, 0.4) is 0 Å². The van der Waals surface area contributed by atoms with Crippen molar-refractivity contribution < 1.29 is 0 Å². The summed E-state index contributed by atoms with van der Waals surface area (Å²) in [6.45, 7) is 0.472. The second-order valence-electron chi connectivity index (χ2n) is 3.94. The molecule has 0 saturated carbocycles. The summed E-state index contributed by atoms with van der Waals surface area (Å²) in [6.07, 6.45) is 3.51. The number of aliphatic imine (C=N–C) groups is 1. The molecule has 0 spiro atoms. The average molecular weight is 319 g/mol. The van der Waals surface area contributed by atoms with E-state index in [1.807, 2.05) is 30.3 Å². The number of rotatable bonds is 3. The number of nitrogens with two attached hydrogens (primary N) is 1. The molecule has 0 saturated heterocycles. The molecular weight excluding hydrogens is 304 g/mol. The van der Waals surface area contributed by atoms with Crippen molar-refractivity contribution in [3.63, 3.8) is 0 Å². The van der Waals surface area contributed by atoms with E-state index in [1.165, 1.54) is 0 Å². The molecule has 1 aromatic carbocycles. The molecule has 5 heteroatoms. The Balaban J connectivity index is 2.32. The van der Waals surface area contributed by atoms with E-state index < -0.39 is 0 Å². The van der Waals surface area contributed by atoms with Crippen molar-refractivity contribution in [1.82, 2.24) is 4.98 Å². The molecule has 0 atom stereocenters. The fraction of sp³-hybridized carbons (Fsp3) is 0.143. The van der Waals surface area contributed by atoms with Crippen LogP contribution < -0.4 is 11.1 Å². The molecule has 2 aromatic rings. The Labute approximate surface area is 120 Å². The number of anilines is 1. The Morgan fingerprint density at radius 3 is 2.89 bits per heavy atom. The molecule has 4 nitrogen and oxygen atoms in total. The maximum absolute atomic E-state index is 5.75. The normalized spacial score (nSPS) is 11.4. The summed E-state index contributed by atoms with van der Waals surface area (Å²) in [6, 6.07) is 9.79. The van der Waals surface area contributed by atoms with E-state index in [1.54, 1.807) is 19.4 Å². The number of amidine groups is 1. The summed E-state index contributed by atoms with van der Waals surface area (Å²) < 4.78 is 0.994. The van der Waals surface area contributed by atoms with E-state index >= 15 is 0 Å². The minimum Gasteiger partial charge on any atom is -0.340 e. The van der Waals surface area contributed by atoms with Crippen LogP contribution >= 0.6 is 15.9 Å². The van der Waals surface area contributed by atoms with E-state index in [0.717, 1.165) is 27.1 Å². The molecule has 0 fully saturated rings. The summed E-state index contributed by atoms with van der Waals surface area (Å²) in [5.74, 6) is 0.765. The second kappa shape index (κ2) is 6.45. The van der Waals surface area contributed by atoms with Crippen LogP contribution in [0.1, 0.15) is 11.1 Å². The number of hydrogen-bond donors (Lipinski definition) is 2. The fourth-order valence-corrected chi connectivity index (χ4v) is 2.09. The number of nitrogens with one attached hydrogen (secondary N) is 1. The van der Waals surface area contributed by atoms with Crippen molar-refractivity contribution in [3.8, 4) is 0 Å². The summed E-state index contributed by atoms with van der Waals surface area (Å²) in [4.78, 5) is 8.37. The first-order chi connectivity index (χ1) is 9.24. The maximum atomic E-state index is 5.75. The van der Waals surface area contributed by atoms with Gasteiger partial charge in [-0.2, -0.15) is 0 Å². The number of pyridine rings is 1. The minimum atomic E-state index is 0.472. The highest BCUT2D eigenvalue weighted by atomic mass is 79.9. The number of halogens is 1. The summed E-state index contributed by atoms with van der Waals surface area (Å²) in [5.41, 5.74) is 8.67. The molecule has 1 aromatic heterocycles. The lowest BCUT2D eigenvalue weighted by atomic mass is 10.1. The lowest BCUT2D eigenvalue weighted by Gasteiger charge is -2.13. The van der Waals surface area contributed by atoms with Gasteiger partial charge in [0.2, 0.25) is 0 Å². The van der Waals surface area contributed by atoms with Crippen molar-refractivity contribution >= 4 is 27.5 Å². The third kappa shape index (κ3) is 3.39. The Morgan fingerprint density at radius 1 is 1.42 bits per heavy atom. The Kier molecular flexibility index (Phi) is 4.65. The first-order valence-corrected chi connectivity index (χ1v) is 6.66. The summed E-state index contributed by atoms with van der Waals surface area (Å²) in [7, 11) is 1.75. The third-order valence-electron chi connectivity index (χ3n) is 2.70. The number of benzene rings is 1. The van der Waals surface area contributed by atoms with Crippen LogP contribution in [-0.2, 0) is 6.54 Å². The van der Waals surface area contributed by atoms with E-state index in [-0.39, 0.29) is 0 Å². The van der Waals surface area contributed by atoms with Gasteiger partial charge in [0, 0.05) is 41.7 Å². The minimum absolute atomic E-state index is 0.472. The molecule has 1 heterocycles. The second-order valence-corrected chi connectivity index (χ2v) is 4.86. The zero-order valence-corrected chi connectivity index (χ0v) is 12.2. The van der Waals surface area contributed by atoms with Gasteiger partial charge in [-0.1, -0.05) is 22.0 Å². The standard InChI is InChI=1S/C14H15BrN4/c1-17-14(11-3-2-6-18-9-11)19-13-7-12(15)5-4-10(13)8-16/h2-7,9H,8,16H2,1H3,(H,17,19). The smallest absolute Gasteiger partial charge is 0.134 e. The van der Waals surface area contributed by atoms with Gasteiger partial charge in [0.15, 0.2) is 0 Å². The Hall–Kier alpha value is -1.72. The van der Waals surface area contributed by atoms with Gasteiger partial charge in [0.25, 0.3) is 0 Å². The van der Waals surface area contributed by atoms with Crippen molar-refractivity contribution in [2.45, 2.75) is 6.54 Å². The predicted octanol–water partition coefficient (Wildman–Crippen LogP) is 2.79. The summed E-state index contributed by atoms with van der Waals surface area (Å²) in [5, 5.41) is 3.31. The monoisotopic (exact) mass is 318 g/mol. The zero-order valence-electron chi connectivity index (χ0n) is 10.6. The van der Waals surface area contributed by atoms with E-state index in [0.29, 0.717) is 6.54 Å². The van der Waals surface area contributed by atoms with Crippen molar-refractivity contribution in [2.24, 2.45) is 10.7 Å². The van der Waals surface area contributed by atoms with E-state index in [4.69, 9.17) is 5.73 Å². The summed E-state index contributed by atoms with van der Waals surface area (Å²) >= 11 is 3.46. The predicted molar refractivity (Wildman–Crippen MR) is 82.4 cm³/mol. The molecule has 0 radical (unpaired) electrons. The van der Waals surface area contributed by atoms with Gasteiger partial charge in [-0.25, -0.2) is 0 Å². The molecule has 0 bridgehead atoms. The van der Waals surface area contributed by atoms with Crippen LogP contribution in [0.25, 0.3) is 0 Å². The van der Waals surface area contributed by atoms with E-state index in [9.17, 15) is 0 Å². The largest absolute Gasteiger partial charge is 0.340 e. The average Bonchev–Trinajstić information content (AvgIpc) is 2.46. The first-order valence-electron chi connectivity index (χ1n) is 5.87. The molecule has 0 aliphatic heterocycles. The highest BCUT2D eigenvalue weighted by molar-refractivity contribution is 9.10. The Morgan fingerprint density at radius 2 is 2.26 bits per heavy atom. The topological polar surface area (TPSA) is 63.3 Å². The lowest BCUT2D eigenvalue weighted by Crippen LogP contribution is -2.16. The van der Waals surface area contributed by atoms with Crippen LogP contribution in [0.15, 0.2) is 52.2 Å². The quantitative estimate of drug-likeness (QED) is 0.675. The third-order valence-corrected chi connectivity index (χ3v) is 3.20. The van der Waals surface area contributed by atoms with Gasteiger partial charge in [-0.15, -0.1) is 0 Å². The van der Waals surface area contributed by atoms with Crippen molar-refractivity contribution in [2.75, 3.05) is 12.4 Å². The van der Waals surface area contributed by atoms with Crippen LogP contribution in [0.2, 0.25) is 0 Å². The number of nitrogens with zero attached hydrogens (tertiary/aromatic N) is 2. The van der Waals surface area contributed by atoms with Crippen molar-refractivity contribution in [1.29, 1.82) is 0 Å². The number of hydrogen-bond acceptors (Lipinski definition) is 3. The van der Waals surface area contributed by atoms with Crippen molar-refractivity contribution in [3.05, 3.63) is 58.3 Å². The fourth-order valence-electron chi connectivity index (χ4n) is 1.73. The van der Waals surface area contributed by atoms with Crippen LogP contribution in [-0.4, -0.2) is 17.9 Å². The molecule has 0 aliphatic rings. The molecule has 0 amide bonds. The van der Waals surface area contributed by atoms with Gasteiger partial charge >= 0.3 is 0 Å². The molecule has 0 aliphatic carbocycles. The molecular formula is C14H15BrN4. The van der Waals surface area contributed by atoms with Gasteiger partial charge in [-0.3, -0.25) is 9.98 Å². The first kappa shape index (κ1) is 13.7. The van der Waals surface area contributed by atoms with Crippen LogP contribution in [0.5, 0.6) is 0 Å². The van der Waals surface area contributed by atoms with Crippen LogP contribution in [0.4, 0.5) is 5.69 Å². The van der Waals surface area contributed by atoms with Gasteiger partial charge in [-0.05, 0) is 29.8 Å². The van der Waals surface area contributed by atoms with Gasteiger partial charge in [0.1, 0.15) is 5.84 Å². The van der Waals surface area contributed by atoms with Gasteiger partial charge in [0.05, 0.1) is 0 Å². The zero-order chi connectivity index (χ0) is 13.7. The van der Waals surface area contributed by atoms with E-state index in [2.05, 4.69) is 31.2 Å². The highest BCUT2D eigenvalue weighted by Gasteiger charge is 2.07. The highest BCUT2D eigenvalue weighted by Crippen LogP contribution is 2.22. The molecule has 3 N–H and O–H groups in total. The van der Waals surface area contributed by atoms with Crippen LogP contribution in [0, 0.1) is 0 Å². The number of aromatic nitrogens is 1. The molecule has 19 heavy (non-hydrogen) atoms. The lowest BCUT2D eigenvalue weighted by molar-refractivity contribution is 1.07. The molecule has 2 rings (SSSR count). The SMILES string of the molecule is CN=C(Nc1cc(Br)ccc1CN)c1cccnc1. The molecule has 98 valence electrons. The molecule has 0 unspecified atom stereocenters. The van der Waals surface area contributed by atoms with Gasteiger partial charge < -0.3 is 11.1 Å². The maximum Gasteiger partial charge on any atom is 0.134 e. The Bertz CT molecular complexity index is 581.